The molecule has 1 aromatic rings. The van der Waals surface area contributed by atoms with E-state index in [4.69, 9.17) is 5.11 Å². The predicted molar refractivity (Wildman–Crippen MR) is 58.4 cm³/mol. The lowest BCUT2D eigenvalue weighted by Crippen LogP contribution is -2.32. The molecule has 1 aliphatic heterocycles. The van der Waals surface area contributed by atoms with Crippen molar-refractivity contribution in [1.82, 2.24) is 4.90 Å². The average molecular weight is 233 g/mol. The Bertz CT molecular complexity index is 469. The number of aliphatic carboxylic acids is 1. The lowest BCUT2D eigenvalue weighted by Gasteiger charge is -2.12. The molecule has 1 amide bonds. The third-order valence-corrected chi connectivity index (χ3v) is 2.69. The highest BCUT2D eigenvalue weighted by molar-refractivity contribution is 6.13. The molecule has 1 atom stereocenters. The second kappa shape index (κ2) is 4.37. The van der Waals surface area contributed by atoms with Crippen LogP contribution in [0.5, 0.6) is 0 Å². The number of carboxylic acid groups (broad SMARTS) is 1. The summed E-state index contributed by atoms with van der Waals surface area (Å²) in [5.41, 5.74) is 0.621. The molecule has 0 saturated carbocycles. The Hall–Kier alpha value is -2.17. The first-order valence-corrected chi connectivity index (χ1v) is 5.18. The van der Waals surface area contributed by atoms with Crippen molar-refractivity contribution in [3.63, 3.8) is 0 Å². The lowest BCUT2D eigenvalue weighted by atomic mass is 9.97. The van der Waals surface area contributed by atoms with Crippen LogP contribution in [0.25, 0.3) is 0 Å². The van der Waals surface area contributed by atoms with Gasteiger partial charge in [-0.25, -0.2) is 0 Å². The van der Waals surface area contributed by atoms with Crippen LogP contribution in [0.1, 0.15) is 11.5 Å². The molecule has 0 spiro atoms. The lowest BCUT2D eigenvalue weighted by molar-refractivity contribution is -0.143. The zero-order valence-corrected chi connectivity index (χ0v) is 9.00. The maximum Gasteiger partial charge on any atom is 0.323 e. The highest BCUT2D eigenvalue weighted by atomic mass is 16.4. The summed E-state index contributed by atoms with van der Waals surface area (Å²) in [7, 11) is 0. The van der Waals surface area contributed by atoms with E-state index in [2.05, 4.69) is 0 Å². The fourth-order valence-corrected chi connectivity index (χ4v) is 1.95. The van der Waals surface area contributed by atoms with Crippen molar-refractivity contribution in [2.24, 2.45) is 0 Å². The Balaban J connectivity index is 2.23. The summed E-state index contributed by atoms with van der Waals surface area (Å²) in [5.74, 6) is -2.62. The van der Waals surface area contributed by atoms with E-state index in [1.165, 1.54) is 0 Å². The van der Waals surface area contributed by atoms with Crippen LogP contribution in [-0.2, 0) is 14.4 Å². The number of hydrogen-bond donors (Lipinski definition) is 1. The van der Waals surface area contributed by atoms with Crippen molar-refractivity contribution < 1.29 is 19.5 Å². The van der Waals surface area contributed by atoms with Crippen molar-refractivity contribution in [3.8, 4) is 0 Å². The fraction of sp³-hybridized carbons (Fsp3) is 0.250. The SMILES string of the molecule is O=C(O)CN1CC(=O)C(c2ccccc2)C1=O. The number of carbonyl (C=O) groups excluding carboxylic acids is 2. The molecule has 5 nitrogen and oxygen atoms in total. The van der Waals surface area contributed by atoms with E-state index in [9.17, 15) is 14.4 Å². The van der Waals surface area contributed by atoms with Gasteiger partial charge in [0.25, 0.3) is 0 Å². The molecule has 1 aromatic carbocycles. The van der Waals surface area contributed by atoms with Gasteiger partial charge in [0, 0.05) is 0 Å². The third-order valence-electron chi connectivity index (χ3n) is 2.69. The van der Waals surface area contributed by atoms with Gasteiger partial charge in [0.05, 0.1) is 6.54 Å². The van der Waals surface area contributed by atoms with E-state index >= 15 is 0 Å². The Morgan fingerprint density at radius 2 is 1.94 bits per heavy atom. The molecule has 0 aromatic heterocycles. The molecule has 0 radical (unpaired) electrons. The normalized spacial score (nSPS) is 19.8. The molecule has 1 fully saturated rings. The number of ketones is 1. The number of nitrogens with zero attached hydrogens (tertiary/aromatic N) is 1. The number of rotatable bonds is 3. The number of hydrogen-bond acceptors (Lipinski definition) is 3. The molecular weight excluding hydrogens is 222 g/mol. The molecule has 0 bridgehead atoms. The second-order valence-corrected chi connectivity index (χ2v) is 3.90. The van der Waals surface area contributed by atoms with Crippen LogP contribution < -0.4 is 0 Å². The van der Waals surface area contributed by atoms with Crippen molar-refractivity contribution in [2.45, 2.75) is 5.92 Å². The largest absolute Gasteiger partial charge is 0.480 e. The molecule has 2 rings (SSSR count). The van der Waals surface area contributed by atoms with E-state index in [1.807, 2.05) is 0 Å². The van der Waals surface area contributed by atoms with Crippen LogP contribution in [-0.4, -0.2) is 40.8 Å². The van der Waals surface area contributed by atoms with Gasteiger partial charge in [-0.05, 0) is 5.56 Å². The van der Waals surface area contributed by atoms with E-state index in [0.717, 1.165) is 4.90 Å². The van der Waals surface area contributed by atoms with Gasteiger partial charge in [-0.15, -0.1) is 0 Å². The number of likely N-dealkylation sites (tertiary alicyclic amines) is 1. The van der Waals surface area contributed by atoms with Crippen LogP contribution in [0.15, 0.2) is 30.3 Å². The van der Waals surface area contributed by atoms with Crippen LogP contribution >= 0.6 is 0 Å². The standard InChI is InChI=1S/C12H11NO4/c14-9-6-13(7-10(15)16)12(17)11(9)8-4-2-1-3-5-8/h1-5,11H,6-7H2,(H,15,16). The minimum atomic E-state index is -1.11. The molecule has 1 saturated heterocycles. The van der Waals surface area contributed by atoms with Crippen LogP contribution in [0.2, 0.25) is 0 Å². The zero-order chi connectivity index (χ0) is 12.4. The minimum Gasteiger partial charge on any atom is -0.480 e. The first-order chi connectivity index (χ1) is 8.09. The quantitative estimate of drug-likeness (QED) is 0.760. The maximum absolute atomic E-state index is 11.9. The van der Waals surface area contributed by atoms with E-state index in [1.54, 1.807) is 30.3 Å². The molecule has 17 heavy (non-hydrogen) atoms. The van der Waals surface area contributed by atoms with Crippen molar-refractivity contribution in [1.29, 1.82) is 0 Å². The third kappa shape index (κ3) is 2.18. The summed E-state index contributed by atoms with van der Waals surface area (Å²) < 4.78 is 0. The molecule has 88 valence electrons. The zero-order valence-electron chi connectivity index (χ0n) is 9.00. The molecule has 1 unspecified atom stereocenters. The summed E-state index contributed by atoms with van der Waals surface area (Å²) in [4.78, 5) is 35.2. The van der Waals surface area contributed by atoms with Gasteiger partial charge in [-0.2, -0.15) is 0 Å². The Labute approximate surface area is 97.7 Å². The van der Waals surface area contributed by atoms with Gasteiger partial charge in [0.1, 0.15) is 12.5 Å². The molecule has 1 N–H and O–H groups in total. The van der Waals surface area contributed by atoms with Crippen molar-refractivity contribution in [3.05, 3.63) is 35.9 Å². The van der Waals surface area contributed by atoms with Gasteiger partial charge >= 0.3 is 5.97 Å². The molecule has 5 heteroatoms. The predicted octanol–water partition coefficient (Wildman–Crippen LogP) is 0.266. The maximum atomic E-state index is 11.9. The first kappa shape index (κ1) is 11.3. The highest BCUT2D eigenvalue weighted by Gasteiger charge is 2.40. The molecule has 1 heterocycles. The van der Waals surface area contributed by atoms with Crippen molar-refractivity contribution in [2.75, 3.05) is 13.1 Å². The number of amides is 1. The monoisotopic (exact) mass is 233 g/mol. The average Bonchev–Trinajstić information content (AvgIpc) is 2.54. The molecular formula is C12H11NO4. The van der Waals surface area contributed by atoms with E-state index in [0.29, 0.717) is 5.56 Å². The highest BCUT2D eigenvalue weighted by Crippen LogP contribution is 2.25. The van der Waals surface area contributed by atoms with Gasteiger partial charge in [-0.3, -0.25) is 14.4 Å². The Morgan fingerprint density at radius 1 is 1.29 bits per heavy atom. The topological polar surface area (TPSA) is 74.7 Å². The van der Waals surface area contributed by atoms with Crippen LogP contribution in [0.3, 0.4) is 0 Å². The smallest absolute Gasteiger partial charge is 0.323 e. The fourth-order valence-electron chi connectivity index (χ4n) is 1.95. The van der Waals surface area contributed by atoms with Gasteiger partial charge in [-0.1, -0.05) is 30.3 Å². The summed E-state index contributed by atoms with van der Waals surface area (Å²) in [6, 6.07) is 8.68. The number of carbonyl (C=O) groups is 3. The van der Waals surface area contributed by atoms with Crippen LogP contribution in [0, 0.1) is 0 Å². The summed E-state index contributed by atoms with van der Waals surface area (Å²) in [6.07, 6.45) is 0. The summed E-state index contributed by atoms with van der Waals surface area (Å²) in [6.45, 7) is -0.543. The van der Waals surface area contributed by atoms with Crippen LogP contribution in [0.4, 0.5) is 0 Å². The van der Waals surface area contributed by atoms with Gasteiger partial charge in [0.15, 0.2) is 5.78 Å². The van der Waals surface area contributed by atoms with E-state index < -0.39 is 24.3 Å². The Morgan fingerprint density at radius 3 is 2.53 bits per heavy atom. The Kier molecular flexibility index (Phi) is 2.91. The number of Topliss-reactive ketones (excluding diaryl/α,β-unsaturated/α-hetero) is 1. The van der Waals surface area contributed by atoms with Crippen molar-refractivity contribution >= 4 is 17.7 Å². The van der Waals surface area contributed by atoms with E-state index in [-0.39, 0.29) is 12.3 Å². The first-order valence-electron chi connectivity index (χ1n) is 5.18. The molecule has 0 aliphatic carbocycles. The molecule has 1 aliphatic rings. The second-order valence-electron chi connectivity index (χ2n) is 3.90. The van der Waals surface area contributed by atoms with Gasteiger partial charge < -0.3 is 10.0 Å². The summed E-state index contributed by atoms with van der Waals surface area (Å²) >= 11 is 0. The van der Waals surface area contributed by atoms with Gasteiger partial charge in [0.2, 0.25) is 5.91 Å². The summed E-state index contributed by atoms with van der Waals surface area (Å²) in [5, 5.41) is 8.63. The number of benzene rings is 1. The number of carboxylic acids is 1. The minimum absolute atomic E-state index is 0.120.